The molecule has 0 fully saturated rings. The summed E-state index contributed by atoms with van der Waals surface area (Å²) in [5, 5.41) is 3.27. The van der Waals surface area contributed by atoms with Gasteiger partial charge < -0.3 is 11.1 Å². The average molecular weight is 237 g/mol. The number of nitrogens with one attached hydrogen (secondary N) is 1. The minimum absolute atomic E-state index is 0.339. The number of pyridine rings is 1. The molecule has 0 radical (unpaired) electrons. The smallest absolute Gasteiger partial charge is 0.126 e. The molecule has 3 N–H and O–H groups in total. The van der Waals surface area contributed by atoms with Crippen molar-refractivity contribution in [1.82, 2.24) is 4.98 Å². The molecule has 0 atom stereocenters. The van der Waals surface area contributed by atoms with E-state index in [0.29, 0.717) is 10.7 Å². The van der Waals surface area contributed by atoms with Crippen LogP contribution in [0.15, 0.2) is 18.2 Å². The zero-order chi connectivity index (χ0) is 12.0. The molecule has 1 aromatic rings. The molecule has 0 amide bonds. The third-order valence-electron chi connectivity index (χ3n) is 2.27. The molecule has 0 aliphatic carbocycles. The van der Waals surface area contributed by atoms with E-state index in [1.54, 1.807) is 0 Å². The van der Waals surface area contributed by atoms with Crippen LogP contribution in [0.3, 0.4) is 0 Å². The van der Waals surface area contributed by atoms with Crippen molar-refractivity contribution in [3.8, 4) is 0 Å². The zero-order valence-corrected chi connectivity index (χ0v) is 10.7. The van der Waals surface area contributed by atoms with Gasteiger partial charge in [-0.25, -0.2) is 4.98 Å². The highest BCUT2D eigenvalue weighted by Gasteiger charge is 1.99. The topological polar surface area (TPSA) is 50.9 Å². The number of rotatable bonds is 6. The first-order valence-corrected chi connectivity index (χ1v) is 6.01. The van der Waals surface area contributed by atoms with Gasteiger partial charge in [-0.2, -0.15) is 0 Å². The first-order valence-electron chi connectivity index (χ1n) is 5.60. The minimum atomic E-state index is 0.339. The predicted octanol–water partition coefficient (Wildman–Crippen LogP) is 2.56. The summed E-state index contributed by atoms with van der Waals surface area (Å²) in [5.41, 5.74) is 6.19. The largest absolute Gasteiger partial charge is 0.388 e. The van der Waals surface area contributed by atoms with Gasteiger partial charge in [-0.1, -0.05) is 32.1 Å². The lowest BCUT2D eigenvalue weighted by atomic mass is 10.1. The van der Waals surface area contributed by atoms with Gasteiger partial charge in [-0.15, -0.1) is 0 Å². The van der Waals surface area contributed by atoms with Crippen molar-refractivity contribution in [2.24, 2.45) is 11.7 Å². The van der Waals surface area contributed by atoms with E-state index in [-0.39, 0.29) is 0 Å². The van der Waals surface area contributed by atoms with Crippen LogP contribution < -0.4 is 11.1 Å². The third kappa shape index (κ3) is 4.57. The van der Waals surface area contributed by atoms with E-state index in [0.717, 1.165) is 24.7 Å². The molecule has 0 unspecified atom stereocenters. The van der Waals surface area contributed by atoms with Gasteiger partial charge in [-0.3, -0.25) is 0 Å². The Morgan fingerprint density at radius 3 is 2.88 bits per heavy atom. The standard InChI is InChI=1S/C12H19N3S/c1-9(2)5-4-8-14-11-7-3-6-10(15-11)12(13)16/h3,6-7,9H,4-5,8H2,1-2H3,(H2,13,16)(H,14,15). The number of hydrogen-bond donors (Lipinski definition) is 2. The van der Waals surface area contributed by atoms with Gasteiger partial charge in [0, 0.05) is 6.54 Å². The molecule has 0 saturated carbocycles. The maximum atomic E-state index is 5.52. The average Bonchev–Trinajstić information content (AvgIpc) is 2.24. The van der Waals surface area contributed by atoms with Crippen LogP contribution >= 0.6 is 12.2 Å². The van der Waals surface area contributed by atoms with Crippen LogP contribution in [0.5, 0.6) is 0 Å². The molecule has 0 spiro atoms. The van der Waals surface area contributed by atoms with Crippen LogP contribution in [0, 0.1) is 5.92 Å². The number of thiocarbonyl (C=S) groups is 1. The van der Waals surface area contributed by atoms with Crippen LogP contribution in [0.25, 0.3) is 0 Å². The van der Waals surface area contributed by atoms with E-state index >= 15 is 0 Å². The van der Waals surface area contributed by atoms with Gasteiger partial charge in [0.25, 0.3) is 0 Å². The number of anilines is 1. The van der Waals surface area contributed by atoms with Gasteiger partial charge in [0.1, 0.15) is 10.8 Å². The summed E-state index contributed by atoms with van der Waals surface area (Å²) in [6, 6.07) is 5.66. The van der Waals surface area contributed by atoms with Crippen molar-refractivity contribution < 1.29 is 0 Å². The quantitative estimate of drug-likeness (QED) is 0.590. The van der Waals surface area contributed by atoms with E-state index in [9.17, 15) is 0 Å². The summed E-state index contributed by atoms with van der Waals surface area (Å²) >= 11 is 4.88. The van der Waals surface area contributed by atoms with Crippen molar-refractivity contribution in [1.29, 1.82) is 0 Å². The number of aromatic nitrogens is 1. The second-order valence-electron chi connectivity index (χ2n) is 4.24. The summed E-state index contributed by atoms with van der Waals surface area (Å²) < 4.78 is 0. The highest BCUT2D eigenvalue weighted by Crippen LogP contribution is 2.07. The van der Waals surface area contributed by atoms with Gasteiger partial charge in [-0.05, 0) is 30.9 Å². The molecular formula is C12H19N3S. The molecule has 0 aliphatic rings. The summed E-state index contributed by atoms with van der Waals surface area (Å²) in [6.07, 6.45) is 2.37. The molecule has 0 saturated heterocycles. The van der Waals surface area contributed by atoms with Crippen molar-refractivity contribution in [2.45, 2.75) is 26.7 Å². The molecule has 88 valence electrons. The van der Waals surface area contributed by atoms with Crippen LogP contribution in [-0.4, -0.2) is 16.5 Å². The Balaban J connectivity index is 2.42. The molecule has 1 aromatic heterocycles. The highest BCUT2D eigenvalue weighted by atomic mass is 32.1. The SMILES string of the molecule is CC(C)CCCNc1cccc(C(N)=S)n1. The van der Waals surface area contributed by atoms with Crippen molar-refractivity contribution in [2.75, 3.05) is 11.9 Å². The summed E-state index contributed by atoms with van der Waals surface area (Å²) in [5.74, 6) is 1.59. The van der Waals surface area contributed by atoms with Crippen molar-refractivity contribution in [3.05, 3.63) is 23.9 Å². The maximum Gasteiger partial charge on any atom is 0.126 e. The monoisotopic (exact) mass is 237 g/mol. The Hall–Kier alpha value is -1.16. The van der Waals surface area contributed by atoms with E-state index in [1.165, 1.54) is 6.42 Å². The predicted molar refractivity (Wildman–Crippen MR) is 72.7 cm³/mol. The van der Waals surface area contributed by atoms with E-state index < -0.39 is 0 Å². The molecule has 16 heavy (non-hydrogen) atoms. The fourth-order valence-corrected chi connectivity index (χ4v) is 1.51. The van der Waals surface area contributed by atoms with E-state index in [2.05, 4.69) is 24.1 Å². The highest BCUT2D eigenvalue weighted by molar-refractivity contribution is 7.80. The maximum absolute atomic E-state index is 5.52. The number of nitrogens with zero attached hydrogens (tertiary/aromatic N) is 1. The Bertz CT molecular complexity index is 350. The Kier molecular flexibility index (Phi) is 5.19. The minimum Gasteiger partial charge on any atom is -0.388 e. The fourth-order valence-electron chi connectivity index (χ4n) is 1.40. The second-order valence-corrected chi connectivity index (χ2v) is 4.67. The summed E-state index contributed by atoms with van der Waals surface area (Å²) in [7, 11) is 0. The third-order valence-corrected chi connectivity index (χ3v) is 2.48. The van der Waals surface area contributed by atoms with Gasteiger partial charge in [0.05, 0.1) is 5.69 Å². The van der Waals surface area contributed by atoms with Gasteiger partial charge >= 0.3 is 0 Å². The van der Waals surface area contributed by atoms with Crippen LogP contribution in [-0.2, 0) is 0 Å². The van der Waals surface area contributed by atoms with Crippen molar-refractivity contribution >= 4 is 23.0 Å². The number of nitrogens with two attached hydrogens (primary N) is 1. The lowest BCUT2D eigenvalue weighted by molar-refractivity contribution is 0.566. The van der Waals surface area contributed by atoms with E-state index in [1.807, 2.05) is 18.2 Å². The lowest BCUT2D eigenvalue weighted by Crippen LogP contribution is -2.13. The summed E-state index contributed by atoms with van der Waals surface area (Å²) in [4.78, 5) is 4.65. The molecule has 1 rings (SSSR count). The van der Waals surface area contributed by atoms with Gasteiger partial charge in [0.15, 0.2) is 0 Å². The molecule has 0 aliphatic heterocycles. The molecule has 4 heteroatoms. The normalized spacial score (nSPS) is 10.4. The Labute approximate surface area is 102 Å². The van der Waals surface area contributed by atoms with Crippen LogP contribution in [0.2, 0.25) is 0 Å². The fraction of sp³-hybridized carbons (Fsp3) is 0.500. The second kappa shape index (κ2) is 6.43. The van der Waals surface area contributed by atoms with E-state index in [4.69, 9.17) is 18.0 Å². The molecule has 0 bridgehead atoms. The molecule has 3 nitrogen and oxygen atoms in total. The first kappa shape index (κ1) is 12.9. The van der Waals surface area contributed by atoms with Crippen molar-refractivity contribution in [3.63, 3.8) is 0 Å². The number of hydrogen-bond acceptors (Lipinski definition) is 3. The lowest BCUT2D eigenvalue weighted by Gasteiger charge is -2.08. The Morgan fingerprint density at radius 1 is 1.50 bits per heavy atom. The molecule has 0 aromatic carbocycles. The Morgan fingerprint density at radius 2 is 2.25 bits per heavy atom. The van der Waals surface area contributed by atoms with Crippen LogP contribution in [0.4, 0.5) is 5.82 Å². The summed E-state index contributed by atoms with van der Waals surface area (Å²) in [6.45, 7) is 5.39. The zero-order valence-electron chi connectivity index (χ0n) is 9.86. The first-order chi connectivity index (χ1) is 7.59. The molecular weight excluding hydrogens is 218 g/mol. The van der Waals surface area contributed by atoms with Gasteiger partial charge in [0.2, 0.25) is 0 Å². The van der Waals surface area contributed by atoms with Crippen LogP contribution in [0.1, 0.15) is 32.4 Å². The molecule has 1 heterocycles.